The number of rotatable bonds is 8. The van der Waals surface area contributed by atoms with E-state index in [0.717, 1.165) is 43.1 Å². The molecule has 0 radical (unpaired) electrons. The number of nitrogens with zero attached hydrogens (tertiary/aromatic N) is 2. The lowest BCUT2D eigenvalue weighted by atomic mass is 10.1. The fourth-order valence-corrected chi connectivity index (χ4v) is 1.78. The van der Waals surface area contributed by atoms with Gasteiger partial charge < -0.3 is 15.7 Å². The number of nitrogens with one attached hydrogen (secondary N) is 2. The summed E-state index contributed by atoms with van der Waals surface area (Å²) in [5.41, 5.74) is 0. The third-order valence-corrected chi connectivity index (χ3v) is 2.82. The second-order valence-corrected chi connectivity index (χ2v) is 4.32. The highest BCUT2D eigenvalue weighted by Gasteiger charge is 2.08. The number of aromatic nitrogens is 2. The van der Waals surface area contributed by atoms with Crippen molar-refractivity contribution in [1.29, 1.82) is 0 Å². The highest BCUT2D eigenvalue weighted by atomic mass is 16.3. The summed E-state index contributed by atoms with van der Waals surface area (Å²) in [4.78, 5) is 8.91. The molecule has 1 rings (SSSR count). The molecule has 5 heteroatoms. The van der Waals surface area contributed by atoms with E-state index in [1.165, 1.54) is 0 Å². The number of aliphatic hydroxyl groups excluding tert-OH is 1. The lowest BCUT2D eigenvalue weighted by Crippen LogP contribution is -2.21. The molecule has 1 aromatic rings. The van der Waals surface area contributed by atoms with Crippen molar-refractivity contribution in [1.82, 2.24) is 9.97 Å². The minimum atomic E-state index is 0.192. The first kappa shape index (κ1) is 14.7. The molecule has 3 N–H and O–H groups in total. The molecular formula is C13H24N4O. The first-order valence-electron chi connectivity index (χ1n) is 6.66. The van der Waals surface area contributed by atoms with Crippen LogP contribution in [0.25, 0.3) is 0 Å². The number of hydrogen-bond acceptors (Lipinski definition) is 5. The van der Waals surface area contributed by atoms with Gasteiger partial charge in [0.2, 0.25) is 0 Å². The number of hydrogen-bond donors (Lipinski definition) is 3. The van der Waals surface area contributed by atoms with Gasteiger partial charge in [-0.3, -0.25) is 0 Å². The molecule has 18 heavy (non-hydrogen) atoms. The number of anilines is 2. The van der Waals surface area contributed by atoms with Crippen LogP contribution in [-0.2, 0) is 6.42 Å². The SMILES string of the molecule is CCCc1nc(NC)cc(NC(CC)CCO)n1. The van der Waals surface area contributed by atoms with Crippen LogP contribution in [0.15, 0.2) is 6.07 Å². The average Bonchev–Trinajstić information content (AvgIpc) is 2.38. The maximum Gasteiger partial charge on any atom is 0.133 e. The van der Waals surface area contributed by atoms with Gasteiger partial charge in [-0.1, -0.05) is 13.8 Å². The molecule has 0 saturated heterocycles. The summed E-state index contributed by atoms with van der Waals surface area (Å²) in [5, 5.41) is 15.4. The summed E-state index contributed by atoms with van der Waals surface area (Å²) in [6, 6.07) is 2.16. The summed E-state index contributed by atoms with van der Waals surface area (Å²) >= 11 is 0. The standard InChI is InChI=1S/C13H24N4O/c1-4-6-11-16-12(14-3)9-13(17-11)15-10(5-2)7-8-18/h9-10,18H,4-8H2,1-3H3,(H2,14,15,16,17). The lowest BCUT2D eigenvalue weighted by Gasteiger charge is -2.17. The van der Waals surface area contributed by atoms with Crippen molar-refractivity contribution in [3.63, 3.8) is 0 Å². The van der Waals surface area contributed by atoms with E-state index in [1.807, 2.05) is 13.1 Å². The maximum absolute atomic E-state index is 9.00. The molecule has 0 aliphatic heterocycles. The van der Waals surface area contributed by atoms with Crippen LogP contribution in [0.4, 0.5) is 11.6 Å². The van der Waals surface area contributed by atoms with Crippen molar-refractivity contribution in [3.05, 3.63) is 11.9 Å². The van der Waals surface area contributed by atoms with Crippen LogP contribution < -0.4 is 10.6 Å². The molecular weight excluding hydrogens is 228 g/mol. The van der Waals surface area contributed by atoms with Gasteiger partial charge in [0.1, 0.15) is 17.5 Å². The maximum atomic E-state index is 9.00. The molecule has 0 saturated carbocycles. The van der Waals surface area contributed by atoms with Gasteiger partial charge in [-0.15, -0.1) is 0 Å². The van der Waals surface area contributed by atoms with Gasteiger partial charge in [0.05, 0.1) is 0 Å². The third-order valence-electron chi connectivity index (χ3n) is 2.82. The van der Waals surface area contributed by atoms with Gasteiger partial charge in [0, 0.05) is 32.2 Å². The van der Waals surface area contributed by atoms with E-state index in [2.05, 4.69) is 34.4 Å². The average molecular weight is 252 g/mol. The Balaban J connectivity index is 2.82. The van der Waals surface area contributed by atoms with Crippen molar-refractivity contribution in [2.45, 2.75) is 45.6 Å². The van der Waals surface area contributed by atoms with Gasteiger partial charge in [-0.2, -0.15) is 0 Å². The smallest absolute Gasteiger partial charge is 0.133 e. The van der Waals surface area contributed by atoms with Crippen LogP contribution in [-0.4, -0.2) is 34.8 Å². The van der Waals surface area contributed by atoms with Crippen LogP contribution in [0.2, 0.25) is 0 Å². The van der Waals surface area contributed by atoms with Crippen LogP contribution in [0, 0.1) is 0 Å². The molecule has 102 valence electrons. The molecule has 0 amide bonds. The van der Waals surface area contributed by atoms with Crippen LogP contribution in [0.3, 0.4) is 0 Å². The summed E-state index contributed by atoms with van der Waals surface area (Å²) in [6.07, 6.45) is 3.60. The highest BCUT2D eigenvalue weighted by Crippen LogP contribution is 2.14. The van der Waals surface area contributed by atoms with Gasteiger partial charge in [-0.25, -0.2) is 9.97 Å². The van der Waals surface area contributed by atoms with Crippen LogP contribution >= 0.6 is 0 Å². The van der Waals surface area contributed by atoms with E-state index in [-0.39, 0.29) is 12.6 Å². The first-order chi connectivity index (χ1) is 8.73. The van der Waals surface area contributed by atoms with Gasteiger partial charge >= 0.3 is 0 Å². The van der Waals surface area contributed by atoms with Gasteiger partial charge in [-0.05, 0) is 19.3 Å². The van der Waals surface area contributed by atoms with Crippen molar-refractivity contribution < 1.29 is 5.11 Å². The van der Waals surface area contributed by atoms with Crippen molar-refractivity contribution in [2.75, 3.05) is 24.3 Å². The summed E-state index contributed by atoms with van der Waals surface area (Å²) in [6.45, 7) is 4.40. The molecule has 1 unspecified atom stereocenters. The highest BCUT2D eigenvalue weighted by molar-refractivity contribution is 5.47. The molecule has 0 aliphatic carbocycles. The van der Waals surface area contributed by atoms with E-state index >= 15 is 0 Å². The molecule has 0 bridgehead atoms. The Morgan fingerprint density at radius 2 is 2.00 bits per heavy atom. The molecule has 0 fully saturated rings. The molecule has 0 aromatic carbocycles. The van der Waals surface area contributed by atoms with E-state index in [4.69, 9.17) is 5.11 Å². The normalized spacial score (nSPS) is 12.2. The van der Waals surface area contributed by atoms with Crippen molar-refractivity contribution >= 4 is 11.6 Å². The van der Waals surface area contributed by atoms with Crippen LogP contribution in [0.5, 0.6) is 0 Å². The molecule has 1 atom stereocenters. The fourth-order valence-electron chi connectivity index (χ4n) is 1.78. The van der Waals surface area contributed by atoms with Crippen LogP contribution in [0.1, 0.15) is 38.9 Å². The van der Waals surface area contributed by atoms with E-state index < -0.39 is 0 Å². The third kappa shape index (κ3) is 4.49. The molecule has 0 spiro atoms. The largest absolute Gasteiger partial charge is 0.396 e. The Hall–Kier alpha value is -1.36. The minimum Gasteiger partial charge on any atom is -0.396 e. The van der Waals surface area contributed by atoms with Crippen molar-refractivity contribution in [3.8, 4) is 0 Å². The Morgan fingerprint density at radius 1 is 1.28 bits per heavy atom. The Bertz CT molecular complexity index is 357. The predicted molar refractivity (Wildman–Crippen MR) is 75.0 cm³/mol. The molecule has 1 heterocycles. The Kier molecular flexibility index (Phi) is 6.43. The summed E-state index contributed by atoms with van der Waals surface area (Å²) < 4.78 is 0. The van der Waals surface area contributed by atoms with E-state index in [1.54, 1.807) is 0 Å². The topological polar surface area (TPSA) is 70.1 Å². The predicted octanol–water partition coefficient (Wildman–Crippen LogP) is 2.04. The Labute approximate surface area is 109 Å². The summed E-state index contributed by atoms with van der Waals surface area (Å²) in [7, 11) is 1.85. The van der Waals surface area contributed by atoms with Gasteiger partial charge in [0.15, 0.2) is 0 Å². The van der Waals surface area contributed by atoms with Gasteiger partial charge in [0.25, 0.3) is 0 Å². The zero-order valence-corrected chi connectivity index (χ0v) is 11.5. The molecule has 0 aliphatic rings. The lowest BCUT2D eigenvalue weighted by molar-refractivity contribution is 0.278. The van der Waals surface area contributed by atoms with E-state index in [0.29, 0.717) is 0 Å². The quantitative estimate of drug-likeness (QED) is 0.660. The van der Waals surface area contributed by atoms with E-state index in [9.17, 15) is 0 Å². The zero-order chi connectivity index (χ0) is 13.4. The Morgan fingerprint density at radius 3 is 2.56 bits per heavy atom. The second kappa shape index (κ2) is 7.87. The minimum absolute atomic E-state index is 0.192. The van der Waals surface area contributed by atoms with Crippen molar-refractivity contribution in [2.24, 2.45) is 0 Å². The summed E-state index contributed by atoms with van der Waals surface area (Å²) in [5.74, 6) is 2.51. The first-order valence-corrected chi connectivity index (χ1v) is 6.66. The molecule has 1 aromatic heterocycles. The molecule has 5 nitrogen and oxygen atoms in total. The number of aryl methyl sites for hydroxylation is 1. The fraction of sp³-hybridized carbons (Fsp3) is 0.692. The zero-order valence-electron chi connectivity index (χ0n) is 11.5. The number of aliphatic hydroxyl groups is 1. The second-order valence-electron chi connectivity index (χ2n) is 4.32. The monoisotopic (exact) mass is 252 g/mol.